The Hall–Kier alpha value is -2.19. The molecule has 1 atom stereocenters. The Morgan fingerprint density at radius 2 is 1.70 bits per heavy atom. The number of thiophene rings is 1. The zero-order valence-corrected chi connectivity index (χ0v) is 19.7. The van der Waals surface area contributed by atoms with Gasteiger partial charge in [0, 0.05) is 17.8 Å². The third-order valence-corrected chi connectivity index (χ3v) is 4.56. The molecule has 1 aromatic rings. The topological polar surface area (TPSA) is 90.9 Å². The average Bonchev–Trinajstić information content (AvgIpc) is 3.06. The lowest BCUT2D eigenvalue weighted by Gasteiger charge is -2.25. The quantitative estimate of drug-likeness (QED) is 0.460. The molecule has 0 fully saturated rings. The standard InChI is InChI=1S/C22H33NO6S/c1-21(2,3)28-18(24)13-11-16(19(25)29-22(4,5)6)23-14-8-9-15-10-12-17(30-15)20(26)27-7/h8-10,12,16,23H,11,13-14H2,1-7H3/b9-8-/t16-/m1/s1. The Morgan fingerprint density at radius 1 is 1.07 bits per heavy atom. The van der Waals surface area contributed by atoms with E-state index in [2.05, 4.69) is 5.32 Å². The molecular weight excluding hydrogens is 406 g/mol. The molecule has 1 aromatic heterocycles. The third kappa shape index (κ3) is 10.5. The summed E-state index contributed by atoms with van der Waals surface area (Å²) in [5.74, 6) is -1.14. The van der Waals surface area contributed by atoms with Gasteiger partial charge >= 0.3 is 17.9 Å². The molecule has 8 heteroatoms. The van der Waals surface area contributed by atoms with Crippen molar-refractivity contribution in [2.75, 3.05) is 13.7 Å². The number of nitrogens with one attached hydrogen (secondary N) is 1. The molecule has 0 spiro atoms. The molecule has 0 aliphatic rings. The molecule has 0 saturated heterocycles. The molecule has 0 radical (unpaired) electrons. The highest BCUT2D eigenvalue weighted by Gasteiger charge is 2.26. The molecule has 0 amide bonds. The number of esters is 3. The van der Waals surface area contributed by atoms with Crippen molar-refractivity contribution in [1.29, 1.82) is 0 Å². The maximum absolute atomic E-state index is 12.5. The number of ether oxygens (including phenoxy) is 3. The molecule has 0 aliphatic carbocycles. The summed E-state index contributed by atoms with van der Waals surface area (Å²) in [5, 5.41) is 3.12. The van der Waals surface area contributed by atoms with Gasteiger partial charge < -0.3 is 19.5 Å². The summed E-state index contributed by atoms with van der Waals surface area (Å²) >= 11 is 1.32. The van der Waals surface area contributed by atoms with Crippen LogP contribution in [0.1, 0.15) is 68.9 Å². The molecule has 1 heterocycles. The zero-order chi connectivity index (χ0) is 22.9. The highest BCUT2D eigenvalue weighted by Crippen LogP contribution is 2.18. The van der Waals surface area contributed by atoms with Gasteiger partial charge in [0.25, 0.3) is 0 Å². The first-order valence-electron chi connectivity index (χ1n) is 9.83. The van der Waals surface area contributed by atoms with Gasteiger partial charge in [0.2, 0.25) is 0 Å². The van der Waals surface area contributed by atoms with Crippen LogP contribution in [0.5, 0.6) is 0 Å². The minimum absolute atomic E-state index is 0.102. The summed E-state index contributed by atoms with van der Waals surface area (Å²) in [4.78, 5) is 37.5. The predicted molar refractivity (Wildman–Crippen MR) is 117 cm³/mol. The van der Waals surface area contributed by atoms with E-state index < -0.39 is 23.2 Å². The van der Waals surface area contributed by atoms with Gasteiger partial charge in [-0.05, 0) is 66.2 Å². The second-order valence-corrected chi connectivity index (χ2v) is 9.83. The van der Waals surface area contributed by atoms with Crippen molar-refractivity contribution in [2.24, 2.45) is 0 Å². The van der Waals surface area contributed by atoms with Crippen LogP contribution in [0.15, 0.2) is 18.2 Å². The summed E-state index contributed by atoms with van der Waals surface area (Å²) in [6.07, 6.45) is 4.07. The lowest BCUT2D eigenvalue weighted by atomic mass is 10.1. The summed E-state index contributed by atoms with van der Waals surface area (Å²) in [6.45, 7) is 11.2. The van der Waals surface area contributed by atoms with Gasteiger partial charge in [-0.15, -0.1) is 11.3 Å². The molecule has 0 bridgehead atoms. The first-order chi connectivity index (χ1) is 13.8. The number of rotatable bonds is 9. The van der Waals surface area contributed by atoms with Crippen LogP contribution in [0.4, 0.5) is 0 Å². The molecule has 0 saturated carbocycles. The maximum atomic E-state index is 12.5. The maximum Gasteiger partial charge on any atom is 0.348 e. The fourth-order valence-corrected chi connectivity index (χ4v) is 3.23. The van der Waals surface area contributed by atoms with Crippen LogP contribution in [0.25, 0.3) is 6.08 Å². The van der Waals surface area contributed by atoms with Gasteiger partial charge in [-0.2, -0.15) is 0 Å². The highest BCUT2D eigenvalue weighted by atomic mass is 32.1. The largest absolute Gasteiger partial charge is 0.465 e. The van der Waals surface area contributed by atoms with E-state index in [0.717, 1.165) is 4.88 Å². The Kier molecular flexibility index (Phi) is 9.71. The van der Waals surface area contributed by atoms with Crippen molar-refractivity contribution in [3.63, 3.8) is 0 Å². The summed E-state index contributed by atoms with van der Waals surface area (Å²) in [6, 6.07) is 2.88. The van der Waals surface area contributed by atoms with Crippen LogP contribution in [0.3, 0.4) is 0 Å². The van der Waals surface area contributed by atoms with Crippen LogP contribution in [-0.4, -0.2) is 48.8 Å². The zero-order valence-electron chi connectivity index (χ0n) is 18.9. The van der Waals surface area contributed by atoms with Gasteiger partial charge in [0.05, 0.1) is 7.11 Å². The van der Waals surface area contributed by atoms with Crippen molar-refractivity contribution >= 4 is 35.3 Å². The molecule has 1 N–H and O–H groups in total. The van der Waals surface area contributed by atoms with Gasteiger partial charge in [-0.3, -0.25) is 9.59 Å². The van der Waals surface area contributed by atoms with Gasteiger partial charge in [0.15, 0.2) is 0 Å². The van der Waals surface area contributed by atoms with Crippen molar-refractivity contribution in [3.8, 4) is 0 Å². The third-order valence-electron chi connectivity index (χ3n) is 3.53. The smallest absolute Gasteiger partial charge is 0.348 e. The van der Waals surface area contributed by atoms with Crippen molar-refractivity contribution in [1.82, 2.24) is 5.32 Å². The fourth-order valence-electron chi connectivity index (χ4n) is 2.37. The normalized spacial score (nSPS) is 13.2. The first kappa shape index (κ1) is 25.8. The van der Waals surface area contributed by atoms with E-state index in [9.17, 15) is 14.4 Å². The summed E-state index contributed by atoms with van der Waals surface area (Å²) in [5.41, 5.74) is -1.20. The lowest BCUT2D eigenvalue weighted by molar-refractivity contribution is -0.158. The first-order valence-corrected chi connectivity index (χ1v) is 10.6. The SMILES string of the molecule is COC(=O)c1ccc(/C=C\CN[C@H](CCC(=O)OC(C)(C)C)C(=O)OC(C)(C)C)s1. The van der Waals surface area contributed by atoms with E-state index in [1.807, 2.05) is 18.2 Å². The van der Waals surface area contributed by atoms with Crippen molar-refractivity contribution in [2.45, 2.75) is 71.6 Å². The monoisotopic (exact) mass is 439 g/mol. The number of methoxy groups -OCH3 is 1. The van der Waals surface area contributed by atoms with Crippen molar-refractivity contribution in [3.05, 3.63) is 28.0 Å². The number of carbonyl (C=O) groups excluding carboxylic acids is 3. The second-order valence-electron chi connectivity index (χ2n) is 8.72. The number of carbonyl (C=O) groups is 3. The Labute approximate surface area is 182 Å². The molecule has 7 nitrogen and oxygen atoms in total. The molecule has 30 heavy (non-hydrogen) atoms. The van der Waals surface area contributed by atoms with Gasteiger partial charge in [0.1, 0.15) is 22.1 Å². The fraction of sp³-hybridized carbons (Fsp3) is 0.591. The molecular formula is C22H33NO6S. The lowest BCUT2D eigenvalue weighted by Crippen LogP contribution is -2.42. The Morgan fingerprint density at radius 3 is 2.27 bits per heavy atom. The molecule has 1 rings (SSSR count). The number of hydrogen-bond acceptors (Lipinski definition) is 8. The molecule has 0 aliphatic heterocycles. The van der Waals surface area contributed by atoms with Crippen LogP contribution in [0.2, 0.25) is 0 Å². The number of hydrogen-bond donors (Lipinski definition) is 1. The van der Waals surface area contributed by atoms with Crippen molar-refractivity contribution < 1.29 is 28.6 Å². The van der Waals surface area contributed by atoms with Crippen LogP contribution in [0, 0.1) is 0 Å². The Bertz CT molecular complexity index is 754. The molecule has 0 unspecified atom stereocenters. The van der Waals surface area contributed by atoms with Crippen LogP contribution in [-0.2, 0) is 23.8 Å². The molecule has 0 aromatic carbocycles. The minimum atomic E-state index is -0.643. The summed E-state index contributed by atoms with van der Waals surface area (Å²) < 4.78 is 15.5. The molecule has 168 valence electrons. The Balaban J connectivity index is 2.68. The van der Waals surface area contributed by atoms with E-state index in [4.69, 9.17) is 14.2 Å². The van der Waals surface area contributed by atoms with E-state index in [0.29, 0.717) is 11.4 Å². The van der Waals surface area contributed by atoms with E-state index >= 15 is 0 Å². The van der Waals surface area contributed by atoms with Gasteiger partial charge in [-0.25, -0.2) is 4.79 Å². The van der Waals surface area contributed by atoms with E-state index in [1.165, 1.54) is 18.4 Å². The highest BCUT2D eigenvalue weighted by molar-refractivity contribution is 7.14. The predicted octanol–water partition coefficient (Wildman–Crippen LogP) is 3.97. The van der Waals surface area contributed by atoms with E-state index in [-0.39, 0.29) is 24.8 Å². The van der Waals surface area contributed by atoms with E-state index in [1.54, 1.807) is 47.6 Å². The van der Waals surface area contributed by atoms with Crippen LogP contribution >= 0.6 is 11.3 Å². The van der Waals surface area contributed by atoms with Crippen LogP contribution < -0.4 is 5.32 Å². The minimum Gasteiger partial charge on any atom is -0.465 e. The second kappa shape index (κ2) is 11.3. The summed E-state index contributed by atoms with van der Waals surface area (Å²) in [7, 11) is 1.34. The average molecular weight is 440 g/mol. The van der Waals surface area contributed by atoms with Gasteiger partial charge in [-0.1, -0.05) is 6.08 Å².